The summed E-state index contributed by atoms with van der Waals surface area (Å²) in [6.45, 7) is 4.01. The van der Waals surface area contributed by atoms with E-state index in [-0.39, 0.29) is 0 Å². The van der Waals surface area contributed by atoms with E-state index in [1.54, 1.807) is 0 Å². The van der Waals surface area contributed by atoms with Gasteiger partial charge in [-0.25, -0.2) is 0 Å². The van der Waals surface area contributed by atoms with E-state index < -0.39 is 0 Å². The first-order chi connectivity index (χ1) is 13.4. The molecule has 0 aromatic heterocycles. The molecule has 6 nitrogen and oxygen atoms in total. The van der Waals surface area contributed by atoms with Crippen LogP contribution in [-0.2, 0) is 9.47 Å². The summed E-state index contributed by atoms with van der Waals surface area (Å²) < 4.78 is 34.2. The molecule has 146 valence electrons. The van der Waals surface area contributed by atoms with Crippen molar-refractivity contribution in [2.45, 2.75) is 6.42 Å². The van der Waals surface area contributed by atoms with Crippen molar-refractivity contribution in [3.05, 3.63) is 48.5 Å². The van der Waals surface area contributed by atoms with Gasteiger partial charge in [-0.2, -0.15) is 0 Å². The van der Waals surface area contributed by atoms with Gasteiger partial charge in [0.1, 0.15) is 13.2 Å². The van der Waals surface area contributed by atoms with Crippen LogP contribution in [0.15, 0.2) is 48.5 Å². The molecule has 2 aromatic carbocycles. The minimum Gasteiger partial charge on any atom is -0.490 e. The summed E-state index contributed by atoms with van der Waals surface area (Å²) in [4.78, 5) is 0. The number of hydrogen-bond donors (Lipinski definition) is 0. The van der Waals surface area contributed by atoms with Gasteiger partial charge in [-0.3, -0.25) is 0 Å². The Kier molecular flexibility index (Phi) is 8.10. The normalized spacial score (nSPS) is 17.2. The maximum absolute atomic E-state index is 5.84. The van der Waals surface area contributed by atoms with Gasteiger partial charge in [0, 0.05) is 6.42 Å². The highest BCUT2D eigenvalue weighted by Crippen LogP contribution is 2.28. The monoisotopic (exact) mass is 374 g/mol. The molecule has 0 saturated carbocycles. The van der Waals surface area contributed by atoms with Crippen molar-refractivity contribution >= 4 is 0 Å². The maximum Gasteiger partial charge on any atom is 0.161 e. The first kappa shape index (κ1) is 19.3. The minimum atomic E-state index is 0.460. The van der Waals surface area contributed by atoms with E-state index >= 15 is 0 Å². The van der Waals surface area contributed by atoms with E-state index in [9.17, 15) is 0 Å². The lowest BCUT2D eigenvalue weighted by atomic mass is 10.3. The molecule has 0 amide bonds. The molecule has 0 N–H and O–H groups in total. The Morgan fingerprint density at radius 3 is 1.15 bits per heavy atom. The Morgan fingerprint density at radius 1 is 0.407 bits per heavy atom. The molecular formula is C21H26O6. The highest BCUT2D eigenvalue weighted by molar-refractivity contribution is 5.40. The average Bonchev–Trinajstić information content (AvgIpc) is 2.70. The molecule has 1 heterocycles. The summed E-state index contributed by atoms with van der Waals surface area (Å²) in [7, 11) is 0. The number of rotatable bonds is 0. The van der Waals surface area contributed by atoms with Crippen molar-refractivity contribution in [3.63, 3.8) is 0 Å². The summed E-state index contributed by atoms with van der Waals surface area (Å²) in [5, 5.41) is 0. The van der Waals surface area contributed by atoms with Crippen LogP contribution in [0.4, 0.5) is 0 Å². The maximum atomic E-state index is 5.84. The van der Waals surface area contributed by atoms with Crippen LogP contribution in [0, 0.1) is 0 Å². The molecule has 0 saturated heterocycles. The highest BCUT2D eigenvalue weighted by atomic mass is 16.6. The molecule has 0 aliphatic carbocycles. The summed E-state index contributed by atoms with van der Waals surface area (Å²) in [6, 6.07) is 15.3. The molecule has 0 spiro atoms. The summed E-state index contributed by atoms with van der Waals surface area (Å²) >= 11 is 0. The number of hydrogen-bond acceptors (Lipinski definition) is 6. The van der Waals surface area contributed by atoms with Crippen LogP contribution in [0.3, 0.4) is 0 Å². The topological polar surface area (TPSA) is 55.4 Å². The van der Waals surface area contributed by atoms with Crippen molar-refractivity contribution in [1.82, 2.24) is 0 Å². The van der Waals surface area contributed by atoms with Crippen LogP contribution < -0.4 is 18.9 Å². The molecule has 3 rings (SSSR count). The van der Waals surface area contributed by atoms with Gasteiger partial charge in [-0.05, 0) is 24.3 Å². The fourth-order valence-electron chi connectivity index (χ4n) is 2.54. The quantitative estimate of drug-likeness (QED) is 0.705. The van der Waals surface area contributed by atoms with Crippen LogP contribution in [0.2, 0.25) is 0 Å². The van der Waals surface area contributed by atoms with Crippen LogP contribution in [-0.4, -0.2) is 52.9 Å². The van der Waals surface area contributed by atoms with Gasteiger partial charge in [0.05, 0.1) is 39.6 Å². The van der Waals surface area contributed by atoms with E-state index in [2.05, 4.69) is 0 Å². The number of para-hydroxylation sites is 4. The average molecular weight is 374 g/mol. The Bertz CT molecular complexity index is 618. The second-order valence-corrected chi connectivity index (χ2v) is 5.87. The minimum absolute atomic E-state index is 0.460. The van der Waals surface area contributed by atoms with Crippen LogP contribution >= 0.6 is 0 Å². The molecule has 2 aromatic rings. The van der Waals surface area contributed by atoms with E-state index in [1.165, 1.54) is 0 Å². The Labute approximate surface area is 159 Å². The van der Waals surface area contributed by atoms with Crippen molar-refractivity contribution in [2.24, 2.45) is 0 Å². The zero-order valence-corrected chi connectivity index (χ0v) is 15.4. The largest absolute Gasteiger partial charge is 0.490 e. The molecular weight excluding hydrogens is 348 g/mol. The van der Waals surface area contributed by atoms with E-state index in [1.807, 2.05) is 48.5 Å². The molecule has 27 heavy (non-hydrogen) atoms. The van der Waals surface area contributed by atoms with E-state index in [4.69, 9.17) is 28.4 Å². The third kappa shape index (κ3) is 6.66. The standard InChI is InChI=1S/C21H26O6/c1-3-8-20-18(6-1)24-10-5-11-25-19-7-2-4-9-21(19)27-17-15-23-13-12-22-14-16-26-20/h1-4,6-9H,5,10-17H2. The van der Waals surface area contributed by atoms with Crippen molar-refractivity contribution < 1.29 is 28.4 Å². The van der Waals surface area contributed by atoms with Gasteiger partial charge in [-0.15, -0.1) is 0 Å². The van der Waals surface area contributed by atoms with Gasteiger partial charge in [0.15, 0.2) is 23.0 Å². The van der Waals surface area contributed by atoms with E-state index in [0.717, 1.165) is 29.4 Å². The van der Waals surface area contributed by atoms with Gasteiger partial charge in [-0.1, -0.05) is 24.3 Å². The Morgan fingerprint density at radius 2 is 0.741 bits per heavy atom. The highest BCUT2D eigenvalue weighted by Gasteiger charge is 2.07. The predicted octanol–water partition coefficient (Wildman–Crippen LogP) is 3.34. The second kappa shape index (κ2) is 11.3. The van der Waals surface area contributed by atoms with E-state index in [0.29, 0.717) is 52.9 Å². The fourth-order valence-corrected chi connectivity index (χ4v) is 2.54. The molecule has 1 aliphatic rings. The first-order valence-corrected chi connectivity index (χ1v) is 9.28. The first-order valence-electron chi connectivity index (χ1n) is 9.28. The molecule has 0 radical (unpaired) electrons. The summed E-state index contributed by atoms with van der Waals surface area (Å²) in [6.07, 6.45) is 0.745. The SMILES string of the molecule is c1ccc2c(c1)OCCCOc1ccccc1OCCOCCOCCO2. The molecule has 0 atom stereocenters. The lowest BCUT2D eigenvalue weighted by Crippen LogP contribution is -2.13. The molecule has 0 bridgehead atoms. The zero-order valence-electron chi connectivity index (χ0n) is 15.4. The third-order valence-electron chi connectivity index (χ3n) is 3.84. The zero-order chi connectivity index (χ0) is 18.6. The van der Waals surface area contributed by atoms with Gasteiger partial charge in [0.25, 0.3) is 0 Å². The lowest BCUT2D eigenvalue weighted by molar-refractivity contribution is 0.0269. The number of benzene rings is 2. The molecule has 0 unspecified atom stereocenters. The van der Waals surface area contributed by atoms with Crippen LogP contribution in [0.25, 0.3) is 0 Å². The van der Waals surface area contributed by atoms with Crippen molar-refractivity contribution in [2.75, 3.05) is 52.9 Å². The number of ether oxygens (including phenoxy) is 6. The van der Waals surface area contributed by atoms with Gasteiger partial charge in [0.2, 0.25) is 0 Å². The van der Waals surface area contributed by atoms with Gasteiger partial charge < -0.3 is 28.4 Å². The van der Waals surface area contributed by atoms with Crippen molar-refractivity contribution in [3.8, 4) is 23.0 Å². The summed E-state index contributed by atoms with van der Waals surface area (Å²) in [5.74, 6) is 2.88. The fraction of sp³-hybridized carbons (Fsp3) is 0.429. The molecule has 1 aliphatic heterocycles. The van der Waals surface area contributed by atoms with Gasteiger partial charge >= 0.3 is 0 Å². The third-order valence-corrected chi connectivity index (χ3v) is 3.84. The van der Waals surface area contributed by atoms with Crippen LogP contribution in [0.1, 0.15) is 6.42 Å². The smallest absolute Gasteiger partial charge is 0.161 e. The predicted molar refractivity (Wildman–Crippen MR) is 101 cm³/mol. The lowest BCUT2D eigenvalue weighted by Gasteiger charge is -2.14. The second-order valence-electron chi connectivity index (χ2n) is 5.87. The molecule has 6 heteroatoms. The Hall–Kier alpha value is -2.44. The van der Waals surface area contributed by atoms with Crippen molar-refractivity contribution in [1.29, 1.82) is 0 Å². The Balaban J connectivity index is 1.58. The van der Waals surface area contributed by atoms with Crippen LogP contribution in [0.5, 0.6) is 23.0 Å². The summed E-state index contributed by atoms with van der Waals surface area (Å²) in [5.41, 5.74) is 0. The molecule has 0 fully saturated rings. The number of fused-ring (bicyclic) bond motifs is 2.